The Hall–Kier alpha value is -3.15. The molecule has 3 rings (SSSR count). The van der Waals surface area contributed by atoms with Gasteiger partial charge in [-0.25, -0.2) is 18.6 Å². The van der Waals surface area contributed by atoms with E-state index in [9.17, 15) is 23.2 Å². The minimum atomic E-state index is -1.02. The minimum absolute atomic E-state index is 0.000350. The number of rotatable bonds is 8. The highest BCUT2D eigenvalue weighted by Gasteiger charge is 2.25. The van der Waals surface area contributed by atoms with Gasteiger partial charge < -0.3 is 15.6 Å². The molecule has 9 nitrogen and oxygen atoms in total. The van der Waals surface area contributed by atoms with Crippen LogP contribution >= 0.6 is 11.8 Å². The van der Waals surface area contributed by atoms with E-state index in [1.807, 2.05) is 27.7 Å². The number of H-pyrrole nitrogens is 2. The van der Waals surface area contributed by atoms with Gasteiger partial charge in [-0.15, -0.1) is 0 Å². The molecule has 0 aliphatic heterocycles. The first-order valence-electron chi connectivity index (χ1n) is 10.4. The number of imidazole rings is 1. The third-order valence-corrected chi connectivity index (χ3v) is 5.57. The maximum Gasteiger partial charge on any atom is 0.330 e. The summed E-state index contributed by atoms with van der Waals surface area (Å²) in [5.41, 5.74) is 5.25. The van der Waals surface area contributed by atoms with Crippen LogP contribution in [0.3, 0.4) is 0 Å². The molecule has 1 amide bonds. The summed E-state index contributed by atoms with van der Waals surface area (Å²) in [6.07, 6.45) is 0. The Labute approximate surface area is 192 Å². The van der Waals surface area contributed by atoms with E-state index in [-0.39, 0.29) is 47.7 Å². The molecule has 0 unspecified atom stereocenters. The van der Waals surface area contributed by atoms with Crippen LogP contribution in [0.4, 0.5) is 20.3 Å². The highest BCUT2D eigenvalue weighted by atomic mass is 32.2. The van der Waals surface area contributed by atoms with Crippen LogP contribution < -0.4 is 21.9 Å². The largest absolute Gasteiger partial charge is 0.383 e. The van der Waals surface area contributed by atoms with Gasteiger partial charge in [0.1, 0.15) is 5.82 Å². The van der Waals surface area contributed by atoms with Crippen molar-refractivity contribution in [3.05, 3.63) is 44.6 Å². The van der Waals surface area contributed by atoms with Crippen molar-refractivity contribution in [1.29, 1.82) is 0 Å². The second kappa shape index (κ2) is 9.77. The van der Waals surface area contributed by atoms with E-state index in [2.05, 4.69) is 15.0 Å². The van der Waals surface area contributed by atoms with Gasteiger partial charge >= 0.3 is 5.69 Å². The third kappa shape index (κ3) is 5.44. The highest BCUT2D eigenvalue weighted by Crippen LogP contribution is 2.24. The normalized spacial score (nSPS) is 11.6. The molecule has 0 radical (unpaired) electrons. The molecule has 0 aliphatic carbocycles. The van der Waals surface area contributed by atoms with E-state index in [0.29, 0.717) is 10.7 Å². The number of nitrogens with one attached hydrogen (secondary N) is 2. The number of nitrogens with two attached hydrogens (primary N) is 1. The standard InChI is InChI=1S/C21H26F2N6O3S/c1-10(2)7-28(17-18(24)29(8-11(3)4)21(32)27-19(17)31)16(30)9-33-20-25-14-5-12(22)13(23)6-15(14)26-20/h5-6,10-11H,7-9,24H2,1-4H3,(H,25,26)(H,27,31,32). The molecule has 33 heavy (non-hydrogen) atoms. The molecule has 2 heterocycles. The lowest BCUT2D eigenvalue weighted by Gasteiger charge is -2.26. The van der Waals surface area contributed by atoms with Gasteiger partial charge in [-0.1, -0.05) is 39.5 Å². The number of fused-ring (bicyclic) bond motifs is 1. The quantitative estimate of drug-likeness (QED) is 0.425. The molecule has 0 saturated heterocycles. The van der Waals surface area contributed by atoms with E-state index < -0.39 is 28.8 Å². The first kappa shape index (κ1) is 24.5. The molecule has 3 aromatic rings. The fourth-order valence-electron chi connectivity index (χ4n) is 3.33. The summed E-state index contributed by atoms with van der Waals surface area (Å²) in [6, 6.07) is 1.96. The number of hydrogen-bond donors (Lipinski definition) is 3. The maximum absolute atomic E-state index is 13.4. The number of nitrogen functional groups attached to an aromatic ring is 1. The van der Waals surface area contributed by atoms with Crippen LogP contribution in [0.5, 0.6) is 0 Å². The number of thioether (sulfide) groups is 1. The Bertz CT molecular complexity index is 1260. The van der Waals surface area contributed by atoms with Crippen molar-refractivity contribution >= 4 is 40.2 Å². The zero-order valence-electron chi connectivity index (χ0n) is 18.7. The SMILES string of the molecule is CC(C)CN(C(=O)CSc1nc2cc(F)c(F)cc2[nH]1)c1c(N)n(CC(C)C)c(=O)[nH]c1=O. The molecule has 0 fully saturated rings. The Morgan fingerprint density at radius 1 is 1.15 bits per heavy atom. The predicted octanol–water partition coefficient (Wildman–Crippen LogP) is 2.71. The number of aromatic amines is 2. The zero-order valence-corrected chi connectivity index (χ0v) is 19.6. The van der Waals surface area contributed by atoms with E-state index in [0.717, 1.165) is 23.9 Å². The van der Waals surface area contributed by atoms with Crippen LogP contribution in [0.1, 0.15) is 27.7 Å². The lowest BCUT2D eigenvalue weighted by molar-refractivity contribution is -0.116. The summed E-state index contributed by atoms with van der Waals surface area (Å²) in [6.45, 7) is 8.03. The van der Waals surface area contributed by atoms with Crippen molar-refractivity contribution in [3.8, 4) is 0 Å². The van der Waals surface area contributed by atoms with E-state index >= 15 is 0 Å². The first-order valence-corrected chi connectivity index (χ1v) is 11.4. The highest BCUT2D eigenvalue weighted by molar-refractivity contribution is 7.99. The molecular formula is C21H26F2N6O3S. The van der Waals surface area contributed by atoms with Gasteiger partial charge in [0.2, 0.25) is 5.91 Å². The number of benzene rings is 1. The topological polar surface area (TPSA) is 130 Å². The van der Waals surface area contributed by atoms with Gasteiger partial charge in [0.25, 0.3) is 5.56 Å². The molecule has 2 aromatic heterocycles. The molecule has 1 aromatic carbocycles. The van der Waals surface area contributed by atoms with Crippen LogP contribution in [0.25, 0.3) is 11.0 Å². The monoisotopic (exact) mass is 480 g/mol. The fourth-order valence-corrected chi connectivity index (χ4v) is 4.09. The van der Waals surface area contributed by atoms with Crippen LogP contribution in [0, 0.1) is 23.5 Å². The number of amides is 1. The van der Waals surface area contributed by atoms with E-state index in [1.54, 1.807) is 0 Å². The lowest BCUT2D eigenvalue weighted by atomic mass is 10.2. The van der Waals surface area contributed by atoms with Gasteiger partial charge in [-0.05, 0) is 11.8 Å². The average Bonchev–Trinajstić information content (AvgIpc) is 3.09. The molecule has 4 N–H and O–H groups in total. The van der Waals surface area contributed by atoms with Crippen LogP contribution in [0.2, 0.25) is 0 Å². The average molecular weight is 481 g/mol. The summed E-state index contributed by atoms with van der Waals surface area (Å²) >= 11 is 1.02. The van der Waals surface area contributed by atoms with Crippen molar-refractivity contribution in [2.75, 3.05) is 22.9 Å². The Morgan fingerprint density at radius 2 is 1.82 bits per heavy atom. The van der Waals surface area contributed by atoms with Crippen molar-refractivity contribution in [2.45, 2.75) is 39.4 Å². The summed E-state index contributed by atoms with van der Waals surface area (Å²) in [7, 11) is 0. The van der Waals surface area contributed by atoms with Gasteiger partial charge in [0.05, 0.1) is 16.8 Å². The molecule has 0 aliphatic rings. The molecule has 178 valence electrons. The summed E-state index contributed by atoms with van der Waals surface area (Å²) < 4.78 is 28.1. The smallest absolute Gasteiger partial charge is 0.330 e. The molecule has 0 bridgehead atoms. The summed E-state index contributed by atoms with van der Waals surface area (Å²) in [5, 5.41) is 0.291. The van der Waals surface area contributed by atoms with Crippen molar-refractivity contribution in [1.82, 2.24) is 19.5 Å². The zero-order chi connectivity index (χ0) is 24.4. The number of anilines is 2. The summed E-state index contributed by atoms with van der Waals surface area (Å²) in [4.78, 5) is 48.6. The van der Waals surface area contributed by atoms with E-state index in [4.69, 9.17) is 5.73 Å². The molecule has 0 atom stereocenters. The third-order valence-electron chi connectivity index (χ3n) is 4.72. The van der Waals surface area contributed by atoms with Gasteiger partial charge in [0, 0.05) is 25.2 Å². The van der Waals surface area contributed by atoms with Crippen molar-refractivity contribution in [2.24, 2.45) is 11.8 Å². The van der Waals surface area contributed by atoms with Crippen LogP contribution in [-0.2, 0) is 11.3 Å². The lowest BCUT2D eigenvalue weighted by Crippen LogP contribution is -2.43. The van der Waals surface area contributed by atoms with Crippen LogP contribution in [0.15, 0.2) is 26.9 Å². The predicted molar refractivity (Wildman–Crippen MR) is 124 cm³/mol. The van der Waals surface area contributed by atoms with Gasteiger partial charge in [-0.3, -0.25) is 19.1 Å². The number of carbonyl (C=O) groups excluding carboxylic acids is 1. The van der Waals surface area contributed by atoms with Gasteiger partial charge in [0.15, 0.2) is 22.5 Å². The number of hydrogen-bond acceptors (Lipinski definition) is 6. The van der Waals surface area contributed by atoms with Gasteiger partial charge in [-0.2, -0.15) is 0 Å². The first-order chi connectivity index (χ1) is 15.5. The van der Waals surface area contributed by atoms with E-state index in [1.165, 1.54) is 9.47 Å². The van der Waals surface area contributed by atoms with Crippen molar-refractivity contribution < 1.29 is 13.6 Å². The summed E-state index contributed by atoms with van der Waals surface area (Å²) in [5.74, 6) is -2.58. The Kier molecular flexibility index (Phi) is 7.25. The second-order valence-electron chi connectivity index (χ2n) is 8.51. The Morgan fingerprint density at radius 3 is 2.45 bits per heavy atom. The number of nitrogens with zero attached hydrogens (tertiary/aromatic N) is 3. The fraction of sp³-hybridized carbons (Fsp3) is 0.429. The second-order valence-corrected chi connectivity index (χ2v) is 9.47. The number of carbonyl (C=O) groups is 1. The minimum Gasteiger partial charge on any atom is -0.383 e. The molecular weight excluding hydrogens is 454 g/mol. The number of halogens is 2. The Balaban J connectivity index is 1.91. The molecule has 0 spiro atoms. The van der Waals surface area contributed by atoms with Crippen molar-refractivity contribution in [3.63, 3.8) is 0 Å². The number of aromatic nitrogens is 4. The molecule has 0 saturated carbocycles. The molecule has 12 heteroatoms. The van der Waals surface area contributed by atoms with Crippen LogP contribution in [-0.4, -0.2) is 37.7 Å². The maximum atomic E-state index is 13.4.